The third-order valence-corrected chi connectivity index (χ3v) is 8.87. The first-order valence-electron chi connectivity index (χ1n) is 14.1. The lowest BCUT2D eigenvalue weighted by Crippen LogP contribution is -2.65. The van der Waals surface area contributed by atoms with Crippen LogP contribution in [-0.4, -0.2) is 81.7 Å². The second-order valence-corrected chi connectivity index (χ2v) is 12.0. The fourth-order valence-corrected chi connectivity index (χ4v) is 6.89. The van der Waals surface area contributed by atoms with Gasteiger partial charge in [0.15, 0.2) is 11.4 Å². The highest BCUT2D eigenvalue weighted by molar-refractivity contribution is 6.24. The molecule has 3 aliphatic rings. The van der Waals surface area contributed by atoms with Crippen molar-refractivity contribution < 1.29 is 39.5 Å². The summed E-state index contributed by atoms with van der Waals surface area (Å²) in [6.45, 7) is 4.70. The van der Waals surface area contributed by atoms with Gasteiger partial charge in [0, 0.05) is 29.6 Å². The molecule has 7 N–H and O–H groups in total. The number of fused-ring (bicyclic) bond motifs is 3. The van der Waals surface area contributed by atoms with Crippen LogP contribution in [0, 0.1) is 11.8 Å². The van der Waals surface area contributed by atoms with Gasteiger partial charge in [0.1, 0.15) is 28.6 Å². The van der Waals surface area contributed by atoms with Crippen LogP contribution < -0.4 is 15.8 Å². The standard InChI is InChI=1S/C32H37N3O8/c1-14(2)34-13-15-6-9-22(43-5)18(10-15)17-7-8-21(36)24-19(17)11-16-12-20-26(35(3)4)28(38)25(31(33)41)30(40)32(20,42)29(39)23(16)27(24)37/h6-10,14,16,20,26,34,36-37,40,42H,11-13H2,1-5H3,(H2,33,41)/t16-,20-,26-,32-/m1/s1. The summed E-state index contributed by atoms with van der Waals surface area (Å²) in [5.41, 5.74) is 4.66. The summed E-state index contributed by atoms with van der Waals surface area (Å²) >= 11 is 0. The Balaban J connectivity index is 1.70. The van der Waals surface area contributed by atoms with Crippen LogP contribution >= 0.6 is 0 Å². The predicted molar refractivity (Wildman–Crippen MR) is 158 cm³/mol. The molecule has 43 heavy (non-hydrogen) atoms. The number of nitrogens with zero attached hydrogens (tertiary/aromatic N) is 1. The van der Waals surface area contributed by atoms with E-state index in [1.165, 1.54) is 11.0 Å². The molecule has 5 rings (SSSR count). The molecule has 0 heterocycles. The minimum absolute atomic E-state index is 0.0103. The number of carbonyl (C=O) groups excluding carboxylic acids is 3. The summed E-state index contributed by atoms with van der Waals surface area (Å²) < 4.78 is 5.67. The fraction of sp³-hybridized carbons (Fsp3) is 0.406. The molecule has 0 saturated heterocycles. The van der Waals surface area contributed by atoms with Crippen LogP contribution in [0.3, 0.4) is 0 Å². The van der Waals surface area contributed by atoms with Gasteiger partial charge in [-0.25, -0.2) is 0 Å². The number of hydrogen-bond acceptors (Lipinski definition) is 10. The molecule has 228 valence electrons. The first-order valence-corrected chi connectivity index (χ1v) is 14.1. The van der Waals surface area contributed by atoms with E-state index in [0.717, 1.165) is 11.1 Å². The number of hydrogen-bond donors (Lipinski definition) is 6. The molecule has 1 amide bonds. The maximum atomic E-state index is 14.1. The second-order valence-electron chi connectivity index (χ2n) is 12.0. The van der Waals surface area contributed by atoms with E-state index in [-0.39, 0.29) is 35.8 Å². The number of benzene rings is 2. The molecular formula is C32H37N3O8. The number of ketones is 2. The van der Waals surface area contributed by atoms with Gasteiger partial charge in [0.2, 0.25) is 5.78 Å². The number of primary amides is 1. The van der Waals surface area contributed by atoms with Crippen LogP contribution in [0.1, 0.15) is 37.0 Å². The quantitative estimate of drug-likeness (QED) is 0.261. The summed E-state index contributed by atoms with van der Waals surface area (Å²) in [7, 11) is 4.68. The van der Waals surface area contributed by atoms with Crippen molar-refractivity contribution in [1.29, 1.82) is 0 Å². The molecule has 1 fully saturated rings. The number of nitrogens with two attached hydrogens (primary N) is 1. The molecule has 2 aromatic carbocycles. The van der Waals surface area contributed by atoms with Crippen molar-refractivity contribution in [3.8, 4) is 22.6 Å². The Morgan fingerprint density at radius 3 is 2.44 bits per heavy atom. The van der Waals surface area contributed by atoms with Crippen LogP contribution in [-0.2, 0) is 27.3 Å². The first kappa shape index (κ1) is 30.3. The Kier molecular flexibility index (Phi) is 7.62. The molecule has 11 heteroatoms. The molecule has 0 radical (unpaired) electrons. The highest BCUT2D eigenvalue weighted by Crippen LogP contribution is 2.54. The third-order valence-electron chi connectivity index (χ3n) is 8.87. The number of aromatic hydroxyl groups is 1. The van der Waals surface area contributed by atoms with Crippen molar-refractivity contribution in [2.24, 2.45) is 17.6 Å². The zero-order chi connectivity index (χ0) is 31.5. The Labute approximate surface area is 249 Å². The fourth-order valence-electron chi connectivity index (χ4n) is 6.89. The number of aliphatic hydroxyl groups excluding tert-OH is 2. The van der Waals surface area contributed by atoms with Gasteiger partial charge in [-0.3, -0.25) is 19.3 Å². The van der Waals surface area contributed by atoms with Crippen molar-refractivity contribution in [3.05, 3.63) is 63.9 Å². The number of amides is 1. The molecule has 11 nitrogen and oxygen atoms in total. The summed E-state index contributed by atoms with van der Waals surface area (Å²) in [5, 5.41) is 48.7. The van der Waals surface area contributed by atoms with Gasteiger partial charge in [-0.15, -0.1) is 0 Å². The molecule has 3 aliphatic carbocycles. The maximum Gasteiger partial charge on any atom is 0.255 e. The summed E-state index contributed by atoms with van der Waals surface area (Å²) in [4.78, 5) is 41.1. The zero-order valence-corrected chi connectivity index (χ0v) is 24.8. The molecule has 0 aliphatic heterocycles. The Hall–Kier alpha value is -4.19. The van der Waals surface area contributed by atoms with Crippen LogP contribution in [0.5, 0.6) is 11.5 Å². The van der Waals surface area contributed by atoms with Crippen LogP contribution in [0.4, 0.5) is 0 Å². The van der Waals surface area contributed by atoms with E-state index >= 15 is 0 Å². The minimum atomic E-state index is -2.68. The van der Waals surface area contributed by atoms with E-state index in [1.54, 1.807) is 27.3 Å². The molecular weight excluding hydrogens is 554 g/mol. The van der Waals surface area contributed by atoms with Gasteiger partial charge in [-0.2, -0.15) is 0 Å². The molecule has 4 atom stereocenters. The highest BCUT2D eigenvalue weighted by atomic mass is 16.5. The van der Waals surface area contributed by atoms with Crippen molar-refractivity contribution in [1.82, 2.24) is 10.2 Å². The smallest absolute Gasteiger partial charge is 0.255 e. The highest BCUT2D eigenvalue weighted by Gasteiger charge is 2.64. The molecule has 0 spiro atoms. The van der Waals surface area contributed by atoms with E-state index in [9.17, 15) is 34.8 Å². The number of aliphatic hydroxyl groups is 3. The van der Waals surface area contributed by atoms with Gasteiger partial charge in [0.25, 0.3) is 5.91 Å². The van der Waals surface area contributed by atoms with Crippen LogP contribution in [0.2, 0.25) is 0 Å². The molecule has 0 bridgehead atoms. The number of rotatable bonds is 7. The number of ether oxygens (including phenoxy) is 1. The monoisotopic (exact) mass is 591 g/mol. The van der Waals surface area contributed by atoms with Gasteiger partial charge < -0.3 is 36.2 Å². The zero-order valence-electron chi connectivity index (χ0n) is 24.8. The van der Waals surface area contributed by atoms with Gasteiger partial charge in [0.05, 0.1) is 18.7 Å². The van der Waals surface area contributed by atoms with Crippen LogP contribution in [0.25, 0.3) is 16.9 Å². The van der Waals surface area contributed by atoms with Crippen LogP contribution in [0.15, 0.2) is 47.2 Å². The first-order chi connectivity index (χ1) is 20.2. The van der Waals surface area contributed by atoms with E-state index in [2.05, 4.69) is 5.32 Å². The molecule has 2 aromatic rings. The third kappa shape index (κ3) is 4.59. The Morgan fingerprint density at radius 2 is 1.84 bits per heavy atom. The Bertz CT molecular complexity index is 1610. The molecule has 0 unspecified atom stereocenters. The van der Waals surface area contributed by atoms with Crippen molar-refractivity contribution in [2.45, 2.75) is 50.9 Å². The average Bonchev–Trinajstić information content (AvgIpc) is 2.93. The summed E-state index contributed by atoms with van der Waals surface area (Å²) in [5.74, 6) is -6.28. The van der Waals surface area contributed by atoms with Crippen molar-refractivity contribution >= 4 is 23.2 Å². The van der Waals surface area contributed by atoms with Gasteiger partial charge >= 0.3 is 0 Å². The maximum absolute atomic E-state index is 14.1. The van der Waals surface area contributed by atoms with Gasteiger partial charge in [-0.05, 0) is 67.7 Å². The second kappa shape index (κ2) is 10.8. The minimum Gasteiger partial charge on any atom is -0.508 e. The lowest BCUT2D eigenvalue weighted by Gasteiger charge is -2.50. The number of phenolic OH excluding ortho intramolecular Hbond substituents is 1. The van der Waals surface area contributed by atoms with Crippen molar-refractivity contribution in [2.75, 3.05) is 21.2 Å². The normalized spacial score (nSPS) is 25.2. The Morgan fingerprint density at radius 1 is 1.14 bits per heavy atom. The van der Waals surface area contributed by atoms with Crippen molar-refractivity contribution in [3.63, 3.8) is 0 Å². The largest absolute Gasteiger partial charge is 0.508 e. The number of Topliss-reactive ketones (excluding diaryl/α,β-unsaturated/α-hetero) is 2. The number of likely N-dealkylation sites (N-methyl/N-ethyl adjacent to an activating group) is 1. The number of methoxy groups -OCH3 is 1. The van der Waals surface area contributed by atoms with E-state index in [1.807, 2.05) is 32.0 Å². The molecule has 0 aromatic heterocycles. The van der Waals surface area contributed by atoms with E-state index < -0.39 is 58.0 Å². The molecule has 1 saturated carbocycles. The number of carbonyl (C=O) groups is 3. The lowest BCUT2D eigenvalue weighted by molar-refractivity contribution is -0.153. The number of phenols is 1. The predicted octanol–water partition coefficient (Wildman–Crippen LogP) is 2.14. The average molecular weight is 592 g/mol. The summed E-state index contributed by atoms with van der Waals surface area (Å²) in [6, 6.07) is 8.03. The topological polar surface area (TPSA) is 183 Å². The van der Waals surface area contributed by atoms with E-state index in [4.69, 9.17) is 10.5 Å². The lowest BCUT2D eigenvalue weighted by atomic mass is 9.57. The van der Waals surface area contributed by atoms with E-state index in [0.29, 0.717) is 23.4 Å². The van der Waals surface area contributed by atoms with Gasteiger partial charge in [-0.1, -0.05) is 26.0 Å². The SMILES string of the molecule is COc1ccc(CNC(C)C)cc1-c1ccc(O)c2c1C[C@@H]1C[C@@H]3[C@@H](N(C)C)C(=O)C(C(N)=O)=C(O)[C@]3(O)C(=O)C1=C2O. The summed E-state index contributed by atoms with van der Waals surface area (Å²) in [6.07, 6.45) is 0.187. The number of nitrogens with one attached hydrogen (secondary N) is 1.